The van der Waals surface area contributed by atoms with Crippen molar-refractivity contribution >= 4 is 5.97 Å². The van der Waals surface area contributed by atoms with E-state index >= 15 is 0 Å². The molecule has 0 unspecified atom stereocenters. The van der Waals surface area contributed by atoms with Gasteiger partial charge in [-0.25, -0.2) is 4.79 Å². The third-order valence-electron chi connectivity index (χ3n) is 2.39. The molecule has 0 aliphatic heterocycles. The van der Waals surface area contributed by atoms with E-state index in [0.717, 1.165) is 13.1 Å². The fourth-order valence-corrected chi connectivity index (χ4v) is 1.42. The smallest absolute Gasteiger partial charge is 0.337 e. The maximum atomic E-state index is 10.9. The van der Waals surface area contributed by atoms with Gasteiger partial charge in [0.2, 0.25) is 0 Å². The summed E-state index contributed by atoms with van der Waals surface area (Å²) in [4.78, 5) is 17.2. The summed E-state index contributed by atoms with van der Waals surface area (Å²) in [5, 5.41) is 8.97. The van der Waals surface area contributed by atoms with Crippen molar-refractivity contribution in [3.63, 3.8) is 0 Å². The Labute approximate surface area is 89.6 Å². The lowest BCUT2D eigenvalue weighted by Gasteiger charge is -2.18. The van der Waals surface area contributed by atoms with E-state index in [1.807, 2.05) is 13.8 Å². The SMILES string of the molecule is CCN(CC)Cc1ncccc1C(=O)O. The van der Waals surface area contributed by atoms with Gasteiger partial charge in [-0.3, -0.25) is 9.88 Å². The number of carboxylic acids is 1. The minimum atomic E-state index is -0.912. The average Bonchev–Trinajstić information content (AvgIpc) is 2.26. The van der Waals surface area contributed by atoms with Crippen LogP contribution in [0, 0.1) is 0 Å². The summed E-state index contributed by atoms with van der Waals surface area (Å²) in [5.74, 6) is -0.912. The summed E-state index contributed by atoms with van der Waals surface area (Å²) in [6.45, 7) is 6.48. The number of pyridine rings is 1. The van der Waals surface area contributed by atoms with E-state index in [4.69, 9.17) is 5.11 Å². The second-order valence-corrected chi connectivity index (χ2v) is 3.26. The Morgan fingerprint density at radius 1 is 1.47 bits per heavy atom. The first-order chi connectivity index (χ1) is 7.19. The summed E-state index contributed by atoms with van der Waals surface area (Å²) in [7, 11) is 0. The Bertz CT molecular complexity index is 335. The van der Waals surface area contributed by atoms with Crippen molar-refractivity contribution in [2.45, 2.75) is 20.4 Å². The molecule has 0 fully saturated rings. The van der Waals surface area contributed by atoms with Gasteiger partial charge in [0.1, 0.15) is 0 Å². The van der Waals surface area contributed by atoms with Crippen LogP contribution >= 0.6 is 0 Å². The highest BCUT2D eigenvalue weighted by molar-refractivity contribution is 5.88. The van der Waals surface area contributed by atoms with Gasteiger partial charge in [-0.2, -0.15) is 0 Å². The fraction of sp³-hybridized carbons (Fsp3) is 0.455. The zero-order chi connectivity index (χ0) is 11.3. The number of rotatable bonds is 5. The van der Waals surface area contributed by atoms with Gasteiger partial charge >= 0.3 is 5.97 Å². The molecule has 0 aliphatic rings. The lowest BCUT2D eigenvalue weighted by Crippen LogP contribution is -2.24. The molecule has 0 saturated heterocycles. The first kappa shape index (κ1) is 11.7. The third-order valence-corrected chi connectivity index (χ3v) is 2.39. The Balaban J connectivity index is 2.88. The van der Waals surface area contributed by atoms with Crippen LogP contribution in [0.3, 0.4) is 0 Å². The van der Waals surface area contributed by atoms with Crippen molar-refractivity contribution in [2.75, 3.05) is 13.1 Å². The minimum Gasteiger partial charge on any atom is -0.478 e. The first-order valence-electron chi connectivity index (χ1n) is 5.08. The fourth-order valence-electron chi connectivity index (χ4n) is 1.42. The van der Waals surface area contributed by atoms with Gasteiger partial charge in [-0.15, -0.1) is 0 Å². The van der Waals surface area contributed by atoms with E-state index in [0.29, 0.717) is 17.8 Å². The maximum absolute atomic E-state index is 10.9. The van der Waals surface area contributed by atoms with Gasteiger partial charge in [0.25, 0.3) is 0 Å². The molecule has 1 rings (SSSR count). The molecule has 0 saturated carbocycles. The monoisotopic (exact) mass is 208 g/mol. The van der Waals surface area contributed by atoms with E-state index in [1.165, 1.54) is 0 Å². The van der Waals surface area contributed by atoms with E-state index in [-0.39, 0.29) is 0 Å². The van der Waals surface area contributed by atoms with Crippen molar-refractivity contribution in [2.24, 2.45) is 0 Å². The first-order valence-corrected chi connectivity index (χ1v) is 5.08. The van der Waals surface area contributed by atoms with Gasteiger partial charge in [0.15, 0.2) is 0 Å². The molecule has 0 spiro atoms. The summed E-state index contributed by atoms with van der Waals surface area (Å²) in [6, 6.07) is 3.24. The molecule has 0 amide bonds. The zero-order valence-electron chi connectivity index (χ0n) is 9.10. The molecule has 15 heavy (non-hydrogen) atoms. The van der Waals surface area contributed by atoms with E-state index in [9.17, 15) is 4.79 Å². The Morgan fingerprint density at radius 3 is 2.67 bits per heavy atom. The van der Waals surface area contributed by atoms with E-state index in [1.54, 1.807) is 18.3 Å². The van der Waals surface area contributed by atoms with Crippen LogP contribution in [0.2, 0.25) is 0 Å². The number of hydrogen-bond acceptors (Lipinski definition) is 3. The lowest BCUT2D eigenvalue weighted by atomic mass is 10.2. The molecule has 82 valence electrons. The molecule has 1 aromatic rings. The Hall–Kier alpha value is -1.42. The van der Waals surface area contributed by atoms with Gasteiger partial charge in [-0.05, 0) is 25.2 Å². The summed E-state index contributed by atoms with van der Waals surface area (Å²) >= 11 is 0. The number of carboxylic acid groups (broad SMARTS) is 1. The van der Waals surface area contributed by atoms with Crippen LogP contribution in [-0.2, 0) is 6.54 Å². The second kappa shape index (κ2) is 5.46. The molecule has 1 heterocycles. The molecule has 0 aliphatic carbocycles. The Kier molecular flexibility index (Phi) is 4.24. The van der Waals surface area contributed by atoms with Crippen molar-refractivity contribution in [1.82, 2.24) is 9.88 Å². The lowest BCUT2D eigenvalue weighted by molar-refractivity contribution is 0.0693. The normalized spacial score (nSPS) is 10.6. The predicted octanol–water partition coefficient (Wildman–Crippen LogP) is 1.62. The molecule has 4 heteroatoms. The minimum absolute atomic E-state index is 0.296. The summed E-state index contributed by atoms with van der Waals surface area (Å²) in [6.07, 6.45) is 1.63. The number of carbonyl (C=O) groups is 1. The standard InChI is InChI=1S/C11H16N2O2/c1-3-13(4-2)8-10-9(11(14)15)6-5-7-12-10/h5-7H,3-4,8H2,1-2H3,(H,14,15). The van der Waals surface area contributed by atoms with Crippen LogP contribution in [0.4, 0.5) is 0 Å². The van der Waals surface area contributed by atoms with Crippen molar-refractivity contribution in [1.29, 1.82) is 0 Å². The number of nitrogens with zero attached hydrogens (tertiary/aromatic N) is 2. The van der Waals surface area contributed by atoms with Gasteiger partial charge in [0, 0.05) is 12.7 Å². The van der Waals surface area contributed by atoms with Crippen LogP contribution in [-0.4, -0.2) is 34.0 Å². The van der Waals surface area contributed by atoms with Crippen molar-refractivity contribution in [3.8, 4) is 0 Å². The number of aromatic nitrogens is 1. The Morgan fingerprint density at radius 2 is 2.13 bits per heavy atom. The summed E-state index contributed by atoms with van der Waals surface area (Å²) < 4.78 is 0. The quantitative estimate of drug-likeness (QED) is 0.799. The van der Waals surface area contributed by atoms with Crippen LogP contribution in [0.5, 0.6) is 0 Å². The molecular weight excluding hydrogens is 192 g/mol. The molecular formula is C11H16N2O2. The maximum Gasteiger partial charge on any atom is 0.337 e. The highest BCUT2D eigenvalue weighted by Gasteiger charge is 2.12. The highest BCUT2D eigenvalue weighted by Crippen LogP contribution is 2.08. The van der Waals surface area contributed by atoms with Gasteiger partial charge in [-0.1, -0.05) is 13.8 Å². The van der Waals surface area contributed by atoms with Crippen LogP contribution in [0.15, 0.2) is 18.3 Å². The van der Waals surface area contributed by atoms with Gasteiger partial charge < -0.3 is 5.11 Å². The molecule has 1 N–H and O–H groups in total. The molecule has 0 radical (unpaired) electrons. The van der Waals surface area contributed by atoms with Crippen LogP contribution in [0.25, 0.3) is 0 Å². The number of aromatic carboxylic acids is 1. The molecule has 4 nitrogen and oxygen atoms in total. The average molecular weight is 208 g/mol. The van der Waals surface area contributed by atoms with Crippen LogP contribution in [0.1, 0.15) is 29.9 Å². The van der Waals surface area contributed by atoms with Crippen molar-refractivity contribution in [3.05, 3.63) is 29.6 Å². The van der Waals surface area contributed by atoms with Gasteiger partial charge in [0.05, 0.1) is 11.3 Å². The molecule has 0 bridgehead atoms. The van der Waals surface area contributed by atoms with Crippen LogP contribution < -0.4 is 0 Å². The highest BCUT2D eigenvalue weighted by atomic mass is 16.4. The number of hydrogen-bond donors (Lipinski definition) is 1. The topological polar surface area (TPSA) is 53.4 Å². The van der Waals surface area contributed by atoms with Crippen molar-refractivity contribution < 1.29 is 9.90 Å². The largest absolute Gasteiger partial charge is 0.478 e. The molecule has 1 aromatic heterocycles. The summed E-state index contributed by atoms with van der Waals surface area (Å²) in [5.41, 5.74) is 0.929. The predicted molar refractivity (Wildman–Crippen MR) is 57.8 cm³/mol. The molecule has 0 atom stereocenters. The molecule has 0 aromatic carbocycles. The zero-order valence-corrected chi connectivity index (χ0v) is 9.10. The second-order valence-electron chi connectivity index (χ2n) is 3.26. The van der Waals surface area contributed by atoms with E-state index < -0.39 is 5.97 Å². The third kappa shape index (κ3) is 3.02. The van der Waals surface area contributed by atoms with E-state index in [2.05, 4.69) is 9.88 Å².